The van der Waals surface area contributed by atoms with Gasteiger partial charge in [0.25, 0.3) is 0 Å². The molecule has 0 saturated carbocycles. The van der Waals surface area contributed by atoms with Crippen molar-refractivity contribution >= 4 is 72.6 Å². The summed E-state index contributed by atoms with van der Waals surface area (Å²) in [7, 11) is 0. The fourth-order valence-corrected chi connectivity index (χ4v) is 4.05. The Labute approximate surface area is 267 Å². The van der Waals surface area contributed by atoms with Crippen molar-refractivity contribution < 1.29 is 53.7 Å². The number of phenolic OH excluding ortho intramolecular Hbond substituents is 1. The Kier molecular flexibility index (Phi) is 16.2. The zero-order chi connectivity index (χ0) is 34.3. The van der Waals surface area contributed by atoms with Crippen LogP contribution < -0.4 is 38.1 Å². The number of carboxylic acid groups (broad SMARTS) is 2. The van der Waals surface area contributed by atoms with Crippen molar-refractivity contribution in [2.75, 3.05) is 18.1 Å². The lowest BCUT2D eigenvalue weighted by atomic mass is 10.0. The van der Waals surface area contributed by atoms with Crippen LogP contribution in [0.25, 0.3) is 0 Å². The van der Waals surface area contributed by atoms with Gasteiger partial charge in [-0.15, -0.1) is 0 Å². The predicted molar refractivity (Wildman–Crippen MR) is 162 cm³/mol. The molecule has 1 rings (SSSR count). The van der Waals surface area contributed by atoms with Crippen molar-refractivity contribution in [1.82, 2.24) is 26.6 Å². The summed E-state index contributed by atoms with van der Waals surface area (Å²) in [4.78, 5) is 97.2. The summed E-state index contributed by atoms with van der Waals surface area (Å²) in [6, 6.07) is -1.81. The highest BCUT2D eigenvalue weighted by Gasteiger charge is 2.32. The normalized spacial score (nSPS) is 13.9. The SMILES string of the molecule is NC(=O)CC(NC(=O)C(CS)NC(=O)C(CS)NC(=O)C(N)CC(=O)O)C(=O)NC(Cc1ccc(O)cc1)C(=O)NCC(=O)O. The Hall–Kier alpha value is -4.56. The van der Waals surface area contributed by atoms with Gasteiger partial charge in [-0.2, -0.15) is 25.3 Å². The number of primary amides is 1. The minimum absolute atomic E-state index is 0.0745. The van der Waals surface area contributed by atoms with Crippen LogP contribution in [0.15, 0.2) is 24.3 Å². The third-order valence-corrected chi connectivity index (χ3v) is 6.55. The van der Waals surface area contributed by atoms with Crippen LogP contribution in [0, 0.1) is 0 Å². The van der Waals surface area contributed by atoms with Crippen molar-refractivity contribution in [3.05, 3.63) is 29.8 Å². The lowest BCUT2D eigenvalue weighted by Gasteiger charge is -2.25. The molecule has 12 N–H and O–H groups in total. The predicted octanol–water partition coefficient (Wildman–Crippen LogP) is -4.39. The van der Waals surface area contributed by atoms with Crippen LogP contribution in [0.3, 0.4) is 0 Å². The molecule has 1 aromatic carbocycles. The van der Waals surface area contributed by atoms with Crippen LogP contribution in [0.2, 0.25) is 0 Å². The number of benzene rings is 1. The molecule has 0 aromatic heterocycles. The highest BCUT2D eigenvalue weighted by atomic mass is 32.1. The molecule has 0 radical (unpaired) electrons. The summed E-state index contributed by atoms with van der Waals surface area (Å²) in [6.45, 7) is -0.773. The molecule has 45 heavy (non-hydrogen) atoms. The lowest BCUT2D eigenvalue weighted by Crippen LogP contribution is -2.60. The second kappa shape index (κ2) is 19.0. The zero-order valence-corrected chi connectivity index (χ0v) is 25.4. The van der Waals surface area contributed by atoms with Gasteiger partial charge in [-0.3, -0.25) is 38.4 Å². The molecule has 0 aliphatic carbocycles. The minimum Gasteiger partial charge on any atom is -0.508 e. The third-order valence-electron chi connectivity index (χ3n) is 5.82. The molecule has 0 heterocycles. The van der Waals surface area contributed by atoms with Gasteiger partial charge in [-0.25, -0.2) is 0 Å². The van der Waals surface area contributed by atoms with Gasteiger partial charge in [0.05, 0.1) is 18.9 Å². The number of hydrogen-bond acceptors (Lipinski definition) is 12. The van der Waals surface area contributed by atoms with E-state index >= 15 is 0 Å². The smallest absolute Gasteiger partial charge is 0.322 e. The van der Waals surface area contributed by atoms with E-state index in [0.717, 1.165) is 0 Å². The molecule has 18 nitrogen and oxygen atoms in total. The molecule has 0 bridgehead atoms. The van der Waals surface area contributed by atoms with Gasteiger partial charge in [-0.1, -0.05) is 12.1 Å². The quantitative estimate of drug-likeness (QED) is 0.0620. The van der Waals surface area contributed by atoms with Gasteiger partial charge in [0.1, 0.15) is 36.5 Å². The van der Waals surface area contributed by atoms with Gasteiger partial charge < -0.3 is 53.4 Å². The Bertz CT molecular complexity index is 1270. The fraction of sp³-hybridized carbons (Fsp3) is 0.440. The van der Waals surface area contributed by atoms with E-state index in [2.05, 4.69) is 51.8 Å². The summed E-state index contributed by atoms with van der Waals surface area (Å²) in [6.07, 6.45) is -1.64. The number of phenols is 1. The van der Waals surface area contributed by atoms with Crippen LogP contribution in [-0.4, -0.2) is 111 Å². The summed E-state index contributed by atoms with van der Waals surface area (Å²) >= 11 is 7.99. The number of thiol groups is 2. The molecular formula is C25H35N7O11S2. The van der Waals surface area contributed by atoms with Crippen LogP contribution in [0.5, 0.6) is 5.75 Å². The van der Waals surface area contributed by atoms with Crippen molar-refractivity contribution in [1.29, 1.82) is 0 Å². The average molecular weight is 674 g/mol. The topological polar surface area (TPSA) is 309 Å². The number of nitrogens with one attached hydrogen (secondary N) is 5. The second-order valence-corrected chi connectivity index (χ2v) is 10.2. The maximum absolute atomic E-state index is 13.2. The highest BCUT2D eigenvalue weighted by molar-refractivity contribution is 7.80. The first kappa shape index (κ1) is 38.5. The molecule has 0 spiro atoms. The standard InChI is InChI=1S/C25H35N7O11S2/c26-13(6-19(35)36)21(39)31-16(9-44)25(43)32-17(10-45)24(42)30-15(7-18(27)34)23(41)29-14(22(40)28-8-20(37)38)5-11-1-3-12(33)4-2-11/h1-4,13-17,33,44-45H,5-10,26H2,(H2,27,34)(H,28,40)(H,29,41)(H,30,42)(H,31,39)(H,32,43)(H,35,36)(H,37,38). The highest BCUT2D eigenvalue weighted by Crippen LogP contribution is 2.12. The Morgan fingerprint density at radius 2 is 1.13 bits per heavy atom. The van der Waals surface area contributed by atoms with Crippen LogP contribution in [0.1, 0.15) is 18.4 Å². The monoisotopic (exact) mass is 673 g/mol. The average Bonchev–Trinajstić information content (AvgIpc) is 2.96. The summed E-state index contributed by atoms with van der Waals surface area (Å²) in [5, 5.41) is 38.4. The van der Waals surface area contributed by atoms with E-state index < -0.39 is 97.0 Å². The molecule has 0 saturated heterocycles. The number of aliphatic carboxylic acids is 2. The maximum atomic E-state index is 13.2. The Balaban J connectivity index is 3.07. The molecule has 6 amide bonds. The van der Waals surface area contributed by atoms with E-state index in [1.807, 2.05) is 0 Å². The van der Waals surface area contributed by atoms with Crippen molar-refractivity contribution in [3.63, 3.8) is 0 Å². The first-order chi connectivity index (χ1) is 21.1. The van der Waals surface area contributed by atoms with Crippen molar-refractivity contribution in [3.8, 4) is 5.75 Å². The van der Waals surface area contributed by atoms with Gasteiger partial charge in [-0.05, 0) is 17.7 Å². The first-order valence-corrected chi connectivity index (χ1v) is 14.3. The van der Waals surface area contributed by atoms with Crippen LogP contribution in [0.4, 0.5) is 0 Å². The van der Waals surface area contributed by atoms with Gasteiger partial charge in [0.15, 0.2) is 0 Å². The van der Waals surface area contributed by atoms with Crippen molar-refractivity contribution in [2.45, 2.75) is 49.5 Å². The molecule has 20 heteroatoms. The summed E-state index contributed by atoms with van der Waals surface area (Å²) in [5.41, 5.74) is 11.2. The fourth-order valence-electron chi connectivity index (χ4n) is 3.54. The van der Waals surface area contributed by atoms with Crippen molar-refractivity contribution in [2.24, 2.45) is 11.5 Å². The first-order valence-electron chi connectivity index (χ1n) is 13.0. The van der Waals surface area contributed by atoms with E-state index in [-0.39, 0.29) is 23.7 Å². The van der Waals surface area contributed by atoms with E-state index in [9.17, 15) is 43.5 Å². The maximum Gasteiger partial charge on any atom is 0.322 e. The molecule has 1 aromatic rings. The zero-order valence-electron chi connectivity index (χ0n) is 23.6. The second-order valence-electron chi connectivity index (χ2n) is 9.47. The number of carbonyl (C=O) groups is 8. The van der Waals surface area contributed by atoms with Gasteiger partial charge >= 0.3 is 11.9 Å². The van der Waals surface area contributed by atoms with Crippen LogP contribution >= 0.6 is 25.3 Å². The Morgan fingerprint density at radius 1 is 0.667 bits per heavy atom. The summed E-state index contributed by atoms with van der Waals surface area (Å²) in [5.74, 6) is -9.32. The molecular weight excluding hydrogens is 638 g/mol. The molecule has 5 atom stereocenters. The largest absolute Gasteiger partial charge is 0.508 e. The number of carboxylic acids is 2. The lowest BCUT2D eigenvalue weighted by molar-refractivity contribution is -0.140. The number of nitrogens with two attached hydrogens (primary N) is 2. The molecule has 0 aliphatic rings. The molecule has 0 fully saturated rings. The minimum atomic E-state index is -1.67. The van der Waals surface area contributed by atoms with E-state index in [0.29, 0.717) is 5.56 Å². The van der Waals surface area contributed by atoms with E-state index in [1.165, 1.54) is 24.3 Å². The number of amides is 6. The number of aromatic hydroxyl groups is 1. The number of carbonyl (C=O) groups excluding carboxylic acids is 6. The molecule has 0 aliphatic heterocycles. The van der Waals surface area contributed by atoms with Gasteiger partial charge in [0, 0.05) is 17.9 Å². The van der Waals surface area contributed by atoms with E-state index in [4.69, 9.17) is 21.7 Å². The number of hydrogen-bond donors (Lipinski definition) is 12. The summed E-state index contributed by atoms with van der Waals surface area (Å²) < 4.78 is 0. The van der Waals surface area contributed by atoms with Crippen LogP contribution in [-0.2, 0) is 44.8 Å². The number of rotatable bonds is 19. The molecule has 248 valence electrons. The van der Waals surface area contributed by atoms with Gasteiger partial charge in [0.2, 0.25) is 35.4 Å². The Morgan fingerprint density at radius 3 is 1.60 bits per heavy atom. The van der Waals surface area contributed by atoms with E-state index in [1.54, 1.807) is 0 Å². The third kappa shape index (κ3) is 14.2. The molecule has 5 unspecified atom stereocenters.